The number of anilines is 1. The van der Waals surface area contributed by atoms with Gasteiger partial charge in [0, 0.05) is 18.1 Å². The van der Waals surface area contributed by atoms with Gasteiger partial charge in [-0.15, -0.1) is 0 Å². The molecule has 4 N–H and O–H groups in total. The van der Waals surface area contributed by atoms with Gasteiger partial charge in [-0.25, -0.2) is 9.97 Å². The normalized spacial score (nSPS) is 10.0. The Labute approximate surface area is 91.4 Å². The molecule has 2 rings (SSSR count). The average molecular weight is 215 g/mol. The van der Waals surface area contributed by atoms with E-state index < -0.39 is 5.91 Å². The highest BCUT2D eigenvalue weighted by atomic mass is 16.1. The van der Waals surface area contributed by atoms with Crippen molar-refractivity contribution >= 4 is 11.6 Å². The summed E-state index contributed by atoms with van der Waals surface area (Å²) < 4.78 is 0. The van der Waals surface area contributed by atoms with Crippen LogP contribution in [0, 0.1) is 0 Å². The molecule has 1 amide bonds. The van der Waals surface area contributed by atoms with Crippen LogP contribution in [0.1, 0.15) is 10.4 Å². The predicted octanol–water partition coefficient (Wildman–Crippen LogP) is 0.220. The molecule has 6 nitrogen and oxygen atoms in total. The number of nitrogens with zero attached hydrogens (tertiary/aromatic N) is 3. The monoisotopic (exact) mass is 215 g/mol. The van der Waals surface area contributed by atoms with Crippen molar-refractivity contribution in [3.63, 3.8) is 0 Å². The molecule has 0 aliphatic heterocycles. The van der Waals surface area contributed by atoms with E-state index in [-0.39, 0.29) is 11.3 Å². The number of aromatic nitrogens is 3. The lowest BCUT2D eigenvalue weighted by Gasteiger charge is -2.06. The molecular formula is C10H9N5O. The lowest BCUT2D eigenvalue weighted by Crippen LogP contribution is -2.16. The molecule has 0 fully saturated rings. The van der Waals surface area contributed by atoms with E-state index in [0.29, 0.717) is 11.4 Å². The summed E-state index contributed by atoms with van der Waals surface area (Å²) in [4.78, 5) is 23.1. The van der Waals surface area contributed by atoms with Gasteiger partial charge in [0.1, 0.15) is 12.0 Å². The summed E-state index contributed by atoms with van der Waals surface area (Å²) in [5, 5.41) is 0. The molecule has 0 aliphatic rings. The molecule has 16 heavy (non-hydrogen) atoms. The van der Waals surface area contributed by atoms with Crippen molar-refractivity contribution in [2.45, 2.75) is 0 Å². The molecule has 0 unspecified atom stereocenters. The van der Waals surface area contributed by atoms with Crippen molar-refractivity contribution in [2.24, 2.45) is 5.73 Å². The first kappa shape index (κ1) is 10.0. The topological polar surface area (TPSA) is 108 Å². The summed E-state index contributed by atoms with van der Waals surface area (Å²) in [7, 11) is 0. The summed E-state index contributed by atoms with van der Waals surface area (Å²) in [6.45, 7) is 0. The predicted molar refractivity (Wildman–Crippen MR) is 58.2 cm³/mol. The maximum atomic E-state index is 11.3. The van der Waals surface area contributed by atoms with Crippen molar-refractivity contribution in [3.8, 4) is 11.4 Å². The van der Waals surface area contributed by atoms with E-state index in [1.165, 1.54) is 18.6 Å². The Morgan fingerprint density at radius 3 is 2.62 bits per heavy atom. The summed E-state index contributed by atoms with van der Waals surface area (Å²) in [5.41, 5.74) is 12.3. The molecule has 80 valence electrons. The molecule has 0 bridgehead atoms. The smallest absolute Gasteiger partial charge is 0.253 e. The van der Waals surface area contributed by atoms with Crippen LogP contribution in [0.5, 0.6) is 0 Å². The molecule has 2 aromatic rings. The molecular weight excluding hydrogens is 206 g/mol. The van der Waals surface area contributed by atoms with Crippen LogP contribution in [0.2, 0.25) is 0 Å². The Balaban J connectivity index is 2.66. The average Bonchev–Trinajstić information content (AvgIpc) is 2.29. The van der Waals surface area contributed by atoms with Gasteiger partial charge in [-0.3, -0.25) is 9.78 Å². The third-order valence-electron chi connectivity index (χ3n) is 2.05. The highest BCUT2D eigenvalue weighted by Crippen LogP contribution is 2.22. The van der Waals surface area contributed by atoms with E-state index in [4.69, 9.17) is 11.5 Å². The molecule has 0 saturated carbocycles. The van der Waals surface area contributed by atoms with Crippen LogP contribution in [0.15, 0.2) is 30.9 Å². The first-order valence-electron chi connectivity index (χ1n) is 4.51. The fourth-order valence-corrected chi connectivity index (χ4v) is 1.36. The number of pyridine rings is 1. The van der Waals surface area contributed by atoms with Crippen LogP contribution >= 0.6 is 0 Å². The van der Waals surface area contributed by atoms with Crippen molar-refractivity contribution in [3.05, 3.63) is 36.4 Å². The molecule has 0 aliphatic carbocycles. The molecule has 2 heterocycles. The van der Waals surface area contributed by atoms with Gasteiger partial charge in [-0.1, -0.05) is 0 Å². The molecule has 0 spiro atoms. The van der Waals surface area contributed by atoms with Crippen LogP contribution in [0.4, 0.5) is 5.69 Å². The second kappa shape index (κ2) is 3.93. The van der Waals surface area contributed by atoms with E-state index in [1.807, 2.05) is 0 Å². The molecule has 0 aromatic carbocycles. The second-order valence-electron chi connectivity index (χ2n) is 3.08. The van der Waals surface area contributed by atoms with Crippen molar-refractivity contribution in [1.29, 1.82) is 0 Å². The van der Waals surface area contributed by atoms with Crippen molar-refractivity contribution < 1.29 is 4.79 Å². The number of carbonyl (C=O) groups is 1. The third-order valence-corrected chi connectivity index (χ3v) is 2.05. The van der Waals surface area contributed by atoms with Crippen LogP contribution in [0.25, 0.3) is 11.4 Å². The Hall–Kier alpha value is -2.50. The highest BCUT2D eigenvalue weighted by Gasteiger charge is 2.15. The number of hydrogen-bond acceptors (Lipinski definition) is 5. The Kier molecular flexibility index (Phi) is 2.47. The number of nitrogen functional groups attached to an aromatic ring is 1. The molecule has 6 heteroatoms. The SMILES string of the molecule is NC(=O)c1c(N)ccnc1-c1ccncn1. The van der Waals surface area contributed by atoms with Crippen molar-refractivity contribution in [2.75, 3.05) is 5.73 Å². The number of amides is 1. The van der Waals surface area contributed by atoms with Gasteiger partial charge in [0.2, 0.25) is 0 Å². The van der Waals surface area contributed by atoms with E-state index in [0.717, 1.165) is 0 Å². The third kappa shape index (κ3) is 1.68. The largest absolute Gasteiger partial charge is 0.398 e. The molecule has 2 aromatic heterocycles. The highest BCUT2D eigenvalue weighted by molar-refractivity contribution is 6.03. The number of hydrogen-bond donors (Lipinski definition) is 2. The van der Waals surface area contributed by atoms with Crippen molar-refractivity contribution in [1.82, 2.24) is 15.0 Å². The van der Waals surface area contributed by atoms with Gasteiger partial charge in [0.05, 0.1) is 11.3 Å². The van der Waals surface area contributed by atoms with Crippen LogP contribution < -0.4 is 11.5 Å². The van der Waals surface area contributed by atoms with Gasteiger partial charge in [0.25, 0.3) is 5.91 Å². The summed E-state index contributed by atoms with van der Waals surface area (Å²) in [5.74, 6) is -0.626. The van der Waals surface area contributed by atoms with Gasteiger partial charge < -0.3 is 11.5 Å². The lowest BCUT2D eigenvalue weighted by molar-refractivity contribution is 0.100. The van der Waals surface area contributed by atoms with E-state index in [9.17, 15) is 4.79 Å². The number of primary amides is 1. The number of carbonyl (C=O) groups excluding carboxylic acids is 1. The Morgan fingerprint density at radius 1 is 1.19 bits per heavy atom. The molecule has 0 saturated heterocycles. The maximum absolute atomic E-state index is 11.3. The Morgan fingerprint density at radius 2 is 2.00 bits per heavy atom. The fourth-order valence-electron chi connectivity index (χ4n) is 1.36. The van der Waals surface area contributed by atoms with Crippen LogP contribution in [-0.2, 0) is 0 Å². The van der Waals surface area contributed by atoms with E-state index >= 15 is 0 Å². The lowest BCUT2D eigenvalue weighted by atomic mass is 10.1. The van der Waals surface area contributed by atoms with E-state index in [1.54, 1.807) is 12.3 Å². The van der Waals surface area contributed by atoms with Gasteiger partial charge in [0.15, 0.2) is 0 Å². The summed E-state index contributed by atoms with van der Waals surface area (Å²) in [6.07, 6.45) is 4.42. The molecule has 0 radical (unpaired) electrons. The minimum absolute atomic E-state index is 0.182. The van der Waals surface area contributed by atoms with Crippen LogP contribution in [0.3, 0.4) is 0 Å². The summed E-state index contributed by atoms with van der Waals surface area (Å²) in [6, 6.07) is 3.15. The minimum Gasteiger partial charge on any atom is -0.398 e. The second-order valence-corrected chi connectivity index (χ2v) is 3.08. The van der Waals surface area contributed by atoms with Gasteiger partial charge >= 0.3 is 0 Å². The zero-order valence-electron chi connectivity index (χ0n) is 8.29. The van der Waals surface area contributed by atoms with Gasteiger partial charge in [-0.05, 0) is 12.1 Å². The Bertz CT molecular complexity index is 526. The van der Waals surface area contributed by atoms with Gasteiger partial charge in [-0.2, -0.15) is 0 Å². The zero-order valence-corrected chi connectivity index (χ0v) is 8.29. The van der Waals surface area contributed by atoms with Crippen LogP contribution in [-0.4, -0.2) is 20.9 Å². The first-order valence-corrected chi connectivity index (χ1v) is 4.51. The zero-order chi connectivity index (χ0) is 11.5. The number of rotatable bonds is 2. The quantitative estimate of drug-likeness (QED) is 0.744. The standard InChI is InChI=1S/C10H9N5O/c11-6-1-4-14-9(8(6)10(12)16)7-2-3-13-5-15-7/h1-5H,(H2,11,14)(H2,12,16). The number of nitrogens with two attached hydrogens (primary N) is 2. The summed E-state index contributed by atoms with van der Waals surface area (Å²) >= 11 is 0. The fraction of sp³-hybridized carbons (Fsp3) is 0. The first-order chi connectivity index (χ1) is 7.70. The van der Waals surface area contributed by atoms with E-state index in [2.05, 4.69) is 15.0 Å². The minimum atomic E-state index is -0.626. The molecule has 0 atom stereocenters. The maximum Gasteiger partial charge on any atom is 0.253 e.